The molecule has 2 aromatic carbocycles. The quantitative estimate of drug-likeness (QED) is 0.580. The van der Waals surface area contributed by atoms with Crippen molar-refractivity contribution < 1.29 is 10.2 Å². The van der Waals surface area contributed by atoms with E-state index in [0.717, 1.165) is 36.5 Å². The maximum absolute atomic E-state index is 10.2. The summed E-state index contributed by atoms with van der Waals surface area (Å²) in [6.45, 7) is 8.62. The third kappa shape index (κ3) is 4.02. The molecule has 0 spiro atoms. The summed E-state index contributed by atoms with van der Waals surface area (Å²) in [6.07, 6.45) is 5.09. The number of rotatable bonds is 6. The summed E-state index contributed by atoms with van der Waals surface area (Å²) in [5.74, 6) is 1.09. The first-order valence-corrected chi connectivity index (χ1v) is 10.9. The molecular weight excluding hydrogens is 374 g/mol. The van der Waals surface area contributed by atoms with Crippen LogP contribution in [0.5, 0.6) is 11.5 Å². The van der Waals surface area contributed by atoms with Crippen molar-refractivity contribution in [2.24, 2.45) is 0 Å². The predicted octanol–water partition coefficient (Wildman–Crippen LogP) is 5.35. The summed E-state index contributed by atoms with van der Waals surface area (Å²) in [4.78, 5) is 2.43. The minimum Gasteiger partial charge on any atom is -0.508 e. The van der Waals surface area contributed by atoms with E-state index in [1.165, 1.54) is 24.1 Å². The lowest BCUT2D eigenvalue weighted by atomic mass is 9.93. The third-order valence-corrected chi connectivity index (χ3v) is 6.09. The monoisotopic (exact) mass is 405 g/mol. The van der Waals surface area contributed by atoms with Gasteiger partial charge < -0.3 is 15.1 Å². The molecular formula is C25H31N3O2. The highest BCUT2D eigenvalue weighted by molar-refractivity contribution is 5.58. The molecule has 0 saturated carbocycles. The molecule has 1 unspecified atom stereocenters. The number of benzene rings is 2. The van der Waals surface area contributed by atoms with Crippen LogP contribution in [0.15, 0.2) is 48.7 Å². The molecule has 0 aliphatic carbocycles. The second-order valence-corrected chi connectivity index (χ2v) is 8.67. The standard InChI is InChI=1S/C25H31N3O2/c1-17(2)22-15-20(29)7-9-25(22)28-19(10-11-26-28)14-18(3)23-16-21(30)6-8-24(23)27-12-4-5-13-27/h6-11,15-18,29-30H,4-5,12-14H2,1-3H3. The second kappa shape index (κ2) is 8.42. The van der Waals surface area contributed by atoms with Gasteiger partial charge in [-0.3, -0.25) is 0 Å². The Morgan fingerprint density at radius 2 is 1.50 bits per heavy atom. The molecule has 2 heterocycles. The van der Waals surface area contributed by atoms with Crippen LogP contribution in [0.4, 0.5) is 5.69 Å². The van der Waals surface area contributed by atoms with Crippen LogP contribution in [-0.4, -0.2) is 33.1 Å². The van der Waals surface area contributed by atoms with E-state index in [0.29, 0.717) is 5.75 Å². The molecule has 0 radical (unpaired) electrons. The molecule has 0 amide bonds. The Hall–Kier alpha value is -2.95. The summed E-state index contributed by atoms with van der Waals surface area (Å²) in [5, 5.41) is 24.7. The van der Waals surface area contributed by atoms with E-state index in [9.17, 15) is 10.2 Å². The molecule has 5 nitrogen and oxygen atoms in total. The lowest BCUT2D eigenvalue weighted by molar-refractivity contribution is 0.473. The van der Waals surface area contributed by atoms with Crippen LogP contribution in [0, 0.1) is 0 Å². The fraction of sp³-hybridized carbons (Fsp3) is 0.400. The zero-order valence-electron chi connectivity index (χ0n) is 18.0. The van der Waals surface area contributed by atoms with E-state index < -0.39 is 0 Å². The zero-order chi connectivity index (χ0) is 21.3. The van der Waals surface area contributed by atoms with Gasteiger partial charge in [-0.2, -0.15) is 5.10 Å². The van der Waals surface area contributed by atoms with Gasteiger partial charge in [-0.1, -0.05) is 20.8 Å². The fourth-order valence-corrected chi connectivity index (χ4v) is 4.51. The summed E-state index contributed by atoms with van der Waals surface area (Å²) >= 11 is 0. The molecule has 1 saturated heterocycles. The molecule has 1 aliphatic rings. The van der Waals surface area contributed by atoms with Gasteiger partial charge in [-0.15, -0.1) is 0 Å². The van der Waals surface area contributed by atoms with E-state index in [1.807, 2.05) is 29.1 Å². The van der Waals surface area contributed by atoms with Crippen LogP contribution in [0.1, 0.15) is 62.3 Å². The fourth-order valence-electron chi connectivity index (χ4n) is 4.51. The van der Waals surface area contributed by atoms with Gasteiger partial charge in [0, 0.05) is 30.7 Å². The zero-order valence-corrected chi connectivity index (χ0v) is 18.0. The molecule has 4 rings (SSSR count). The van der Waals surface area contributed by atoms with E-state index in [4.69, 9.17) is 0 Å². The molecule has 1 aromatic heterocycles. The van der Waals surface area contributed by atoms with Gasteiger partial charge in [0.15, 0.2) is 0 Å². The Bertz CT molecular complexity index is 1020. The molecule has 0 bridgehead atoms. The SMILES string of the molecule is CC(C)c1cc(O)ccc1-n1nccc1CC(C)c1cc(O)ccc1N1CCCC1. The van der Waals surface area contributed by atoms with Crippen molar-refractivity contribution in [1.82, 2.24) is 9.78 Å². The van der Waals surface area contributed by atoms with Crippen molar-refractivity contribution in [3.8, 4) is 17.2 Å². The van der Waals surface area contributed by atoms with Crippen molar-refractivity contribution >= 4 is 5.69 Å². The first-order valence-electron chi connectivity index (χ1n) is 10.9. The summed E-state index contributed by atoms with van der Waals surface area (Å²) < 4.78 is 1.99. The molecule has 1 fully saturated rings. The van der Waals surface area contributed by atoms with E-state index in [-0.39, 0.29) is 17.6 Å². The van der Waals surface area contributed by atoms with Crippen LogP contribution in [-0.2, 0) is 6.42 Å². The number of phenols is 2. The van der Waals surface area contributed by atoms with Crippen molar-refractivity contribution in [1.29, 1.82) is 0 Å². The maximum atomic E-state index is 10.2. The summed E-state index contributed by atoms with van der Waals surface area (Å²) in [6, 6.07) is 13.3. The molecule has 3 aromatic rings. The Labute approximate surface area is 178 Å². The minimum atomic E-state index is 0.225. The minimum absolute atomic E-state index is 0.225. The number of aromatic hydroxyl groups is 2. The van der Waals surface area contributed by atoms with Crippen LogP contribution in [0.25, 0.3) is 5.69 Å². The number of anilines is 1. The lowest BCUT2D eigenvalue weighted by Crippen LogP contribution is -2.20. The molecule has 1 aliphatic heterocycles. The third-order valence-electron chi connectivity index (χ3n) is 6.09. The van der Waals surface area contributed by atoms with Gasteiger partial charge in [-0.05, 0) is 84.7 Å². The van der Waals surface area contributed by atoms with E-state index in [1.54, 1.807) is 12.1 Å². The number of nitrogens with zero attached hydrogens (tertiary/aromatic N) is 3. The first kappa shape index (κ1) is 20.3. The Morgan fingerprint density at radius 1 is 0.867 bits per heavy atom. The van der Waals surface area contributed by atoms with Crippen molar-refractivity contribution in [2.45, 2.75) is 51.9 Å². The van der Waals surface area contributed by atoms with Crippen LogP contribution < -0.4 is 4.90 Å². The van der Waals surface area contributed by atoms with Crippen LogP contribution in [0.2, 0.25) is 0 Å². The number of phenolic OH excluding ortho intramolecular Hbond substituents is 2. The topological polar surface area (TPSA) is 61.5 Å². The average Bonchev–Trinajstić information content (AvgIpc) is 3.40. The van der Waals surface area contributed by atoms with Crippen LogP contribution in [0.3, 0.4) is 0 Å². The highest BCUT2D eigenvalue weighted by Gasteiger charge is 2.21. The number of aromatic nitrogens is 2. The Morgan fingerprint density at radius 3 is 2.17 bits per heavy atom. The first-order chi connectivity index (χ1) is 14.4. The van der Waals surface area contributed by atoms with Crippen LogP contribution >= 0.6 is 0 Å². The lowest BCUT2D eigenvalue weighted by Gasteiger charge is -2.25. The molecule has 2 N–H and O–H groups in total. The average molecular weight is 406 g/mol. The van der Waals surface area contributed by atoms with Gasteiger partial charge in [0.2, 0.25) is 0 Å². The molecule has 30 heavy (non-hydrogen) atoms. The molecule has 158 valence electrons. The highest BCUT2D eigenvalue weighted by Crippen LogP contribution is 2.35. The highest BCUT2D eigenvalue weighted by atomic mass is 16.3. The maximum Gasteiger partial charge on any atom is 0.116 e. The molecule has 5 heteroatoms. The number of hydrogen-bond donors (Lipinski definition) is 2. The van der Waals surface area contributed by atoms with Gasteiger partial charge in [0.25, 0.3) is 0 Å². The van der Waals surface area contributed by atoms with Gasteiger partial charge in [-0.25, -0.2) is 4.68 Å². The van der Waals surface area contributed by atoms with Crippen molar-refractivity contribution in [3.63, 3.8) is 0 Å². The van der Waals surface area contributed by atoms with Crippen molar-refractivity contribution in [2.75, 3.05) is 18.0 Å². The van der Waals surface area contributed by atoms with Gasteiger partial charge in [0.05, 0.1) is 5.69 Å². The Balaban J connectivity index is 1.67. The summed E-state index contributed by atoms with van der Waals surface area (Å²) in [7, 11) is 0. The molecule has 1 atom stereocenters. The van der Waals surface area contributed by atoms with Crippen molar-refractivity contribution in [3.05, 3.63) is 65.5 Å². The number of hydrogen-bond acceptors (Lipinski definition) is 4. The van der Waals surface area contributed by atoms with Gasteiger partial charge >= 0.3 is 0 Å². The Kier molecular flexibility index (Phi) is 5.71. The second-order valence-electron chi connectivity index (χ2n) is 8.67. The summed E-state index contributed by atoms with van der Waals surface area (Å²) in [5.41, 5.74) is 5.61. The smallest absolute Gasteiger partial charge is 0.116 e. The van der Waals surface area contributed by atoms with E-state index >= 15 is 0 Å². The normalized spacial score (nSPS) is 15.1. The van der Waals surface area contributed by atoms with E-state index in [2.05, 4.69) is 42.9 Å². The predicted molar refractivity (Wildman–Crippen MR) is 121 cm³/mol. The van der Waals surface area contributed by atoms with Gasteiger partial charge in [0.1, 0.15) is 11.5 Å². The largest absolute Gasteiger partial charge is 0.508 e.